The molecule has 0 aromatic heterocycles. The van der Waals surface area contributed by atoms with E-state index in [1.54, 1.807) is 0 Å². The Labute approximate surface area is 113 Å². The average Bonchev–Trinajstić information content (AvgIpc) is 2.90. The summed E-state index contributed by atoms with van der Waals surface area (Å²) in [6.45, 7) is 11.8. The van der Waals surface area contributed by atoms with E-state index in [-0.39, 0.29) is 5.54 Å². The lowest BCUT2D eigenvalue weighted by Crippen LogP contribution is -2.63. The van der Waals surface area contributed by atoms with E-state index in [0.29, 0.717) is 12.0 Å². The van der Waals surface area contributed by atoms with Crippen molar-refractivity contribution in [2.75, 3.05) is 13.1 Å². The number of nitrogens with two attached hydrogens (primary N) is 1. The summed E-state index contributed by atoms with van der Waals surface area (Å²) in [4.78, 5) is 2.70. The zero-order valence-corrected chi connectivity index (χ0v) is 12.8. The van der Waals surface area contributed by atoms with Gasteiger partial charge >= 0.3 is 0 Å². The van der Waals surface area contributed by atoms with Crippen molar-refractivity contribution in [3.63, 3.8) is 0 Å². The van der Waals surface area contributed by atoms with Crippen molar-refractivity contribution in [2.45, 2.75) is 77.8 Å². The number of likely N-dealkylation sites (tertiary alicyclic amines) is 1. The van der Waals surface area contributed by atoms with Gasteiger partial charge in [0.25, 0.3) is 0 Å². The Morgan fingerprint density at radius 3 is 2.11 bits per heavy atom. The Hall–Kier alpha value is -0.120. The second kappa shape index (κ2) is 7.46. The third-order valence-corrected chi connectivity index (χ3v) is 5.03. The Bertz CT molecular complexity index is 220. The van der Waals surface area contributed by atoms with Crippen LogP contribution in [0, 0.1) is 5.92 Å². The fourth-order valence-corrected chi connectivity index (χ4v) is 3.97. The molecule has 1 rings (SSSR count). The molecule has 0 aromatic carbocycles. The molecule has 0 saturated carbocycles. The molecule has 3 N–H and O–H groups in total. The molecule has 0 bridgehead atoms. The van der Waals surface area contributed by atoms with Crippen molar-refractivity contribution in [1.82, 2.24) is 10.3 Å². The second-order valence-corrected chi connectivity index (χ2v) is 5.92. The summed E-state index contributed by atoms with van der Waals surface area (Å²) >= 11 is 0. The van der Waals surface area contributed by atoms with Gasteiger partial charge in [-0.2, -0.15) is 0 Å². The molecule has 1 heterocycles. The topological polar surface area (TPSA) is 41.3 Å². The minimum atomic E-state index is 0.250. The molecule has 1 saturated heterocycles. The Morgan fingerprint density at radius 2 is 1.72 bits per heavy atom. The van der Waals surface area contributed by atoms with Gasteiger partial charge in [0.15, 0.2) is 0 Å². The number of nitrogens with one attached hydrogen (secondary N) is 1. The SMILES string of the molecule is CCCC(C)C(NN)C(CC)(CC)N1CCCC1. The third kappa shape index (κ3) is 3.06. The summed E-state index contributed by atoms with van der Waals surface area (Å²) in [7, 11) is 0. The summed E-state index contributed by atoms with van der Waals surface area (Å²) in [5.74, 6) is 6.57. The van der Waals surface area contributed by atoms with Gasteiger partial charge in [-0.25, -0.2) is 0 Å². The van der Waals surface area contributed by atoms with E-state index in [4.69, 9.17) is 5.84 Å². The van der Waals surface area contributed by atoms with Crippen LogP contribution in [0.1, 0.15) is 66.2 Å². The highest BCUT2D eigenvalue weighted by Gasteiger charge is 2.43. The first-order valence-electron chi connectivity index (χ1n) is 7.87. The van der Waals surface area contributed by atoms with Gasteiger partial charge in [-0.05, 0) is 51.1 Å². The quantitative estimate of drug-likeness (QED) is 0.517. The first-order valence-corrected chi connectivity index (χ1v) is 7.87. The number of hydrogen-bond donors (Lipinski definition) is 2. The molecule has 0 amide bonds. The van der Waals surface area contributed by atoms with E-state index >= 15 is 0 Å². The largest absolute Gasteiger partial charge is 0.296 e. The monoisotopic (exact) mass is 255 g/mol. The van der Waals surface area contributed by atoms with E-state index in [1.807, 2.05) is 0 Å². The van der Waals surface area contributed by atoms with Crippen molar-refractivity contribution in [3.05, 3.63) is 0 Å². The molecule has 108 valence electrons. The molecule has 18 heavy (non-hydrogen) atoms. The van der Waals surface area contributed by atoms with Gasteiger partial charge in [0.1, 0.15) is 0 Å². The predicted molar refractivity (Wildman–Crippen MR) is 79.3 cm³/mol. The molecule has 0 spiro atoms. The van der Waals surface area contributed by atoms with Crippen LogP contribution in [0.3, 0.4) is 0 Å². The molecule has 2 atom stereocenters. The normalized spacial score (nSPS) is 21.2. The van der Waals surface area contributed by atoms with Crippen LogP contribution in [-0.4, -0.2) is 29.6 Å². The maximum Gasteiger partial charge on any atom is 0.0420 e. The third-order valence-electron chi connectivity index (χ3n) is 5.03. The molecule has 3 heteroatoms. The Kier molecular flexibility index (Phi) is 6.61. The maximum atomic E-state index is 5.93. The highest BCUT2D eigenvalue weighted by atomic mass is 15.3. The van der Waals surface area contributed by atoms with Gasteiger partial charge < -0.3 is 0 Å². The smallest absolute Gasteiger partial charge is 0.0420 e. The zero-order valence-electron chi connectivity index (χ0n) is 12.8. The van der Waals surface area contributed by atoms with Crippen molar-refractivity contribution in [1.29, 1.82) is 0 Å². The molecule has 2 unspecified atom stereocenters. The predicted octanol–water partition coefficient (Wildman–Crippen LogP) is 2.91. The van der Waals surface area contributed by atoms with Crippen LogP contribution in [0.4, 0.5) is 0 Å². The zero-order chi connectivity index (χ0) is 13.6. The summed E-state index contributed by atoms with van der Waals surface area (Å²) < 4.78 is 0. The minimum Gasteiger partial charge on any atom is -0.296 e. The van der Waals surface area contributed by atoms with Gasteiger partial charge in [0.05, 0.1) is 0 Å². The summed E-state index contributed by atoms with van der Waals surface area (Å²) in [6.07, 6.45) is 7.56. The molecule has 1 aliphatic heterocycles. The van der Waals surface area contributed by atoms with Crippen LogP contribution in [0.25, 0.3) is 0 Å². The van der Waals surface area contributed by atoms with Crippen molar-refractivity contribution in [3.8, 4) is 0 Å². The van der Waals surface area contributed by atoms with Crippen LogP contribution in [0.5, 0.6) is 0 Å². The van der Waals surface area contributed by atoms with Crippen LogP contribution >= 0.6 is 0 Å². The lowest BCUT2D eigenvalue weighted by molar-refractivity contribution is 0.0386. The maximum absolute atomic E-state index is 5.93. The van der Waals surface area contributed by atoms with E-state index in [2.05, 4.69) is 38.0 Å². The second-order valence-electron chi connectivity index (χ2n) is 5.92. The molecular weight excluding hydrogens is 222 g/mol. The molecule has 1 aliphatic rings. The summed E-state index contributed by atoms with van der Waals surface area (Å²) in [5.41, 5.74) is 3.41. The lowest BCUT2D eigenvalue weighted by atomic mass is 9.76. The number of rotatable bonds is 8. The number of nitrogens with zero attached hydrogens (tertiary/aromatic N) is 1. The standard InChI is InChI=1S/C15H33N3/c1-5-10-13(4)14(17-16)15(6-2,7-3)18-11-8-9-12-18/h13-14,17H,5-12,16H2,1-4H3. The van der Waals surface area contributed by atoms with Gasteiger partial charge in [0.2, 0.25) is 0 Å². The van der Waals surface area contributed by atoms with E-state index in [9.17, 15) is 0 Å². The van der Waals surface area contributed by atoms with Gasteiger partial charge in [-0.15, -0.1) is 0 Å². The van der Waals surface area contributed by atoms with Crippen molar-refractivity contribution >= 4 is 0 Å². The molecule has 0 aliphatic carbocycles. The summed E-state index contributed by atoms with van der Waals surface area (Å²) in [5, 5.41) is 0. The number of hydrazine groups is 1. The molecule has 0 radical (unpaired) electrons. The van der Waals surface area contributed by atoms with E-state index < -0.39 is 0 Å². The van der Waals surface area contributed by atoms with Gasteiger partial charge in [-0.1, -0.05) is 34.1 Å². The van der Waals surface area contributed by atoms with Crippen molar-refractivity contribution in [2.24, 2.45) is 11.8 Å². The molecular formula is C15H33N3. The average molecular weight is 255 g/mol. The van der Waals surface area contributed by atoms with Crippen LogP contribution in [-0.2, 0) is 0 Å². The first-order chi connectivity index (χ1) is 8.66. The molecule has 1 fully saturated rings. The van der Waals surface area contributed by atoms with Crippen LogP contribution < -0.4 is 11.3 Å². The van der Waals surface area contributed by atoms with Gasteiger partial charge in [-0.3, -0.25) is 16.2 Å². The van der Waals surface area contributed by atoms with Crippen LogP contribution in [0.2, 0.25) is 0 Å². The molecule has 3 nitrogen and oxygen atoms in total. The first kappa shape index (κ1) is 15.9. The number of hydrogen-bond acceptors (Lipinski definition) is 3. The molecule has 0 aromatic rings. The lowest BCUT2D eigenvalue weighted by Gasteiger charge is -2.49. The highest BCUT2D eigenvalue weighted by Crippen LogP contribution is 2.35. The van der Waals surface area contributed by atoms with E-state index in [0.717, 1.165) is 0 Å². The Morgan fingerprint density at radius 1 is 1.17 bits per heavy atom. The Balaban J connectivity index is 2.91. The minimum absolute atomic E-state index is 0.250. The van der Waals surface area contributed by atoms with E-state index in [1.165, 1.54) is 51.6 Å². The fraction of sp³-hybridized carbons (Fsp3) is 1.00. The fourth-order valence-electron chi connectivity index (χ4n) is 3.97. The summed E-state index contributed by atoms with van der Waals surface area (Å²) in [6, 6.07) is 0.408. The van der Waals surface area contributed by atoms with Gasteiger partial charge in [0, 0.05) is 11.6 Å². The highest BCUT2D eigenvalue weighted by molar-refractivity contribution is 5.01. The van der Waals surface area contributed by atoms with Crippen LogP contribution in [0.15, 0.2) is 0 Å². The van der Waals surface area contributed by atoms with Crippen molar-refractivity contribution < 1.29 is 0 Å².